The van der Waals surface area contributed by atoms with Gasteiger partial charge < -0.3 is 9.84 Å². The number of aryl methyl sites for hydroxylation is 1. The van der Waals surface area contributed by atoms with Gasteiger partial charge in [-0.2, -0.15) is 0 Å². The Morgan fingerprint density at radius 3 is 2.70 bits per heavy atom. The molecule has 2 rings (SSSR count). The number of ketones is 1. The molecule has 0 aliphatic carbocycles. The molecule has 20 heavy (non-hydrogen) atoms. The van der Waals surface area contributed by atoms with Crippen LogP contribution in [-0.4, -0.2) is 54.2 Å². The summed E-state index contributed by atoms with van der Waals surface area (Å²) in [4.78, 5) is 14.4. The maximum absolute atomic E-state index is 12.3. The maximum atomic E-state index is 12.3. The highest BCUT2D eigenvalue weighted by molar-refractivity contribution is 5.97. The van der Waals surface area contributed by atoms with Gasteiger partial charge in [0.15, 0.2) is 5.78 Å². The third kappa shape index (κ3) is 3.66. The van der Waals surface area contributed by atoms with Gasteiger partial charge in [0.05, 0.1) is 25.9 Å². The van der Waals surface area contributed by atoms with Crippen LogP contribution in [0, 0.1) is 0 Å². The summed E-state index contributed by atoms with van der Waals surface area (Å²) in [5.74, 6) is 0.123. The van der Waals surface area contributed by atoms with Gasteiger partial charge >= 0.3 is 0 Å². The van der Waals surface area contributed by atoms with E-state index >= 15 is 0 Å². The minimum absolute atomic E-state index is 0.00259. The van der Waals surface area contributed by atoms with Crippen LogP contribution in [0.5, 0.6) is 0 Å². The average Bonchev–Trinajstić information content (AvgIpc) is 2.49. The van der Waals surface area contributed by atoms with Gasteiger partial charge in [-0.05, 0) is 18.9 Å². The first-order valence-corrected chi connectivity index (χ1v) is 7.22. The minimum Gasteiger partial charge on any atom is -0.394 e. The lowest BCUT2D eigenvalue weighted by Crippen LogP contribution is -2.51. The Bertz CT molecular complexity index is 444. The van der Waals surface area contributed by atoms with Crippen molar-refractivity contribution in [1.29, 1.82) is 0 Å². The Morgan fingerprint density at radius 2 is 2.10 bits per heavy atom. The molecule has 1 aliphatic heterocycles. The number of ether oxygens (including phenoxy) is 1. The van der Waals surface area contributed by atoms with Gasteiger partial charge in [-0.3, -0.25) is 9.69 Å². The molecule has 0 bridgehead atoms. The molecule has 2 atom stereocenters. The molecule has 0 aromatic heterocycles. The number of rotatable bonds is 5. The van der Waals surface area contributed by atoms with E-state index in [0.29, 0.717) is 19.7 Å². The van der Waals surface area contributed by atoms with Gasteiger partial charge in [-0.25, -0.2) is 0 Å². The molecule has 0 spiro atoms. The summed E-state index contributed by atoms with van der Waals surface area (Å²) in [5.41, 5.74) is 1.99. The monoisotopic (exact) mass is 277 g/mol. The lowest BCUT2D eigenvalue weighted by Gasteiger charge is -2.36. The van der Waals surface area contributed by atoms with Crippen LogP contribution in [0.2, 0.25) is 0 Å². The highest BCUT2D eigenvalue weighted by atomic mass is 16.5. The Hall–Kier alpha value is -1.23. The summed E-state index contributed by atoms with van der Waals surface area (Å²) in [6.07, 6.45) is 0.800. The van der Waals surface area contributed by atoms with Crippen LogP contribution < -0.4 is 0 Å². The summed E-state index contributed by atoms with van der Waals surface area (Å²) in [6, 6.07) is 8.02. The number of aliphatic hydroxyl groups excluding tert-OH is 1. The third-order valence-electron chi connectivity index (χ3n) is 3.87. The number of Topliss-reactive ketones (excluding diaryl/α,β-unsaturated/α-hetero) is 1. The number of nitrogens with zero attached hydrogens (tertiary/aromatic N) is 1. The number of benzene rings is 1. The van der Waals surface area contributed by atoms with E-state index in [1.807, 2.05) is 31.2 Å². The summed E-state index contributed by atoms with van der Waals surface area (Å²) in [7, 11) is 0. The standard InChI is InChI=1S/C16H23NO3/c1-3-13-4-6-14(7-5-13)16(19)9-17-8-15(10-18)20-11-12(17)2/h4-7,12,15,18H,3,8-11H2,1-2H3. The molecular formula is C16H23NO3. The van der Waals surface area contributed by atoms with Crippen molar-refractivity contribution in [2.75, 3.05) is 26.3 Å². The van der Waals surface area contributed by atoms with Crippen molar-refractivity contribution in [2.24, 2.45) is 0 Å². The van der Waals surface area contributed by atoms with Crippen molar-refractivity contribution >= 4 is 5.78 Å². The van der Waals surface area contributed by atoms with Crippen molar-refractivity contribution < 1.29 is 14.6 Å². The van der Waals surface area contributed by atoms with Gasteiger partial charge in [0.25, 0.3) is 0 Å². The van der Waals surface area contributed by atoms with Gasteiger partial charge in [-0.15, -0.1) is 0 Å². The molecule has 0 radical (unpaired) electrons. The van der Waals surface area contributed by atoms with E-state index in [0.717, 1.165) is 12.0 Å². The molecule has 1 N–H and O–H groups in total. The lowest BCUT2D eigenvalue weighted by molar-refractivity contribution is -0.0747. The highest BCUT2D eigenvalue weighted by Gasteiger charge is 2.27. The number of hydrogen-bond donors (Lipinski definition) is 1. The van der Waals surface area contributed by atoms with E-state index in [1.54, 1.807) is 0 Å². The summed E-state index contributed by atoms with van der Waals surface area (Å²) in [5, 5.41) is 9.17. The first-order chi connectivity index (χ1) is 9.63. The predicted molar refractivity (Wildman–Crippen MR) is 78.0 cm³/mol. The van der Waals surface area contributed by atoms with Crippen LogP contribution in [0.25, 0.3) is 0 Å². The lowest BCUT2D eigenvalue weighted by atomic mass is 10.1. The molecule has 2 unspecified atom stereocenters. The number of aliphatic hydroxyl groups is 1. The van der Waals surface area contributed by atoms with Gasteiger partial charge in [0, 0.05) is 18.2 Å². The fourth-order valence-corrected chi connectivity index (χ4v) is 2.41. The zero-order valence-electron chi connectivity index (χ0n) is 12.2. The fourth-order valence-electron chi connectivity index (χ4n) is 2.41. The Balaban J connectivity index is 1.98. The second kappa shape index (κ2) is 6.97. The smallest absolute Gasteiger partial charge is 0.176 e. The topological polar surface area (TPSA) is 49.8 Å². The molecule has 4 nitrogen and oxygen atoms in total. The number of carbonyl (C=O) groups is 1. The van der Waals surface area contributed by atoms with Crippen LogP contribution in [0.15, 0.2) is 24.3 Å². The minimum atomic E-state index is -0.179. The predicted octanol–water partition coefficient (Wildman–Crippen LogP) is 1.51. The van der Waals surface area contributed by atoms with E-state index in [-0.39, 0.29) is 24.5 Å². The van der Waals surface area contributed by atoms with Crippen LogP contribution in [0.4, 0.5) is 0 Å². The van der Waals surface area contributed by atoms with E-state index < -0.39 is 0 Å². The molecule has 4 heteroatoms. The number of morpholine rings is 1. The van der Waals surface area contributed by atoms with Crippen molar-refractivity contribution in [1.82, 2.24) is 4.90 Å². The molecule has 110 valence electrons. The van der Waals surface area contributed by atoms with Crippen LogP contribution >= 0.6 is 0 Å². The Morgan fingerprint density at radius 1 is 1.40 bits per heavy atom. The van der Waals surface area contributed by atoms with E-state index in [2.05, 4.69) is 11.8 Å². The molecule has 1 fully saturated rings. The van der Waals surface area contributed by atoms with E-state index in [9.17, 15) is 4.79 Å². The first kappa shape index (κ1) is 15.2. The molecule has 1 aromatic rings. The molecule has 1 aromatic carbocycles. The van der Waals surface area contributed by atoms with Crippen molar-refractivity contribution in [3.63, 3.8) is 0 Å². The molecule has 1 heterocycles. The summed E-state index contributed by atoms with van der Waals surface area (Å²) in [6.45, 7) is 5.70. The second-order valence-corrected chi connectivity index (χ2v) is 5.39. The molecule has 0 saturated carbocycles. The number of carbonyl (C=O) groups excluding carboxylic acids is 1. The largest absolute Gasteiger partial charge is 0.394 e. The zero-order chi connectivity index (χ0) is 14.5. The van der Waals surface area contributed by atoms with E-state index in [4.69, 9.17) is 9.84 Å². The van der Waals surface area contributed by atoms with Crippen LogP contribution in [-0.2, 0) is 11.2 Å². The van der Waals surface area contributed by atoms with Crippen molar-refractivity contribution in [3.05, 3.63) is 35.4 Å². The second-order valence-electron chi connectivity index (χ2n) is 5.39. The Kier molecular flexibility index (Phi) is 5.29. The van der Waals surface area contributed by atoms with Gasteiger partial charge in [0.1, 0.15) is 0 Å². The maximum Gasteiger partial charge on any atom is 0.176 e. The van der Waals surface area contributed by atoms with Crippen LogP contribution in [0.1, 0.15) is 29.8 Å². The molecule has 1 saturated heterocycles. The summed E-state index contributed by atoms with van der Waals surface area (Å²) < 4.78 is 5.48. The number of hydrogen-bond acceptors (Lipinski definition) is 4. The van der Waals surface area contributed by atoms with Gasteiger partial charge in [-0.1, -0.05) is 31.2 Å². The zero-order valence-corrected chi connectivity index (χ0v) is 12.2. The SMILES string of the molecule is CCc1ccc(C(=O)CN2CC(CO)OCC2C)cc1. The van der Waals surface area contributed by atoms with Crippen molar-refractivity contribution in [2.45, 2.75) is 32.4 Å². The van der Waals surface area contributed by atoms with Crippen LogP contribution in [0.3, 0.4) is 0 Å². The Labute approximate surface area is 120 Å². The average molecular weight is 277 g/mol. The highest BCUT2D eigenvalue weighted by Crippen LogP contribution is 2.13. The van der Waals surface area contributed by atoms with Crippen molar-refractivity contribution in [3.8, 4) is 0 Å². The normalized spacial score (nSPS) is 23.8. The molecular weight excluding hydrogens is 254 g/mol. The van der Waals surface area contributed by atoms with Gasteiger partial charge in [0.2, 0.25) is 0 Å². The van der Waals surface area contributed by atoms with E-state index in [1.165, 1.54) is 5.56 Å². The molecule has 1 aliphatic rings. The summed E-state index contributed by atoms with van der Waals surface area (Å²) >= 11 is 0. The quantitative estimate of drug-likeness (QED) is 0.829. The first-order valence-electron chi connectivity index (χ1n) is 7.22. The third-order valence-corrected chi connectivity index (χ3v) is 3.87. The fraction of sp³-hybridized carbons (Fsp3) is 0.562. The molecule has 0 amide bonds.